The van der Waals surface area contributed by atoms with E-state index in [1.54, 1.807) is 22.7 Å². The quantitative estimate of drug-likeness (QED) is 0.103. The molecule has 1 aliphatic heterocycles. The predicted molar refractivity (Wildman–Crippen MR) is 147 cm³/mol. The van der Waals surface area contributed by atoms with Crippen LogP contribution in [0.2, 0.25) is 0 Å². The first kappa shape index (κ1) is 24.5. The first-order chi connectivity index (χ1) is 16.5. The molecule has 0 N–H and O–H groups in total. The van der Waals surface area contributed by atoms with E-state index in [0.717, 1.165) is 58.7 Å². The van der Waals surface area contributed by atoms with Crippen molar-refractivity contribution in [3.63, 3.8) is 0 Å². The fourth-order valence-electron chi connectivity index (χ4n) is 4.42. The van der Waals surface area contributed by atoms with Crippen molar-refractivity contribution in [2.45, 2.75) is 45.4 Å². The van der Waals surface area contributed by atoms with Gasteiger partial charge in [0.1, 0.15) is 0 Å². The van der Waals surface area contributed by atoms with Crippen LogP contribution < -0.4 is 0 Å². The molecule has 5 rings (SSSR count). The molecule has 5 nitrogen and oxygen atoms in total. The summed E-state index contributed by atoms with van der Waals surface area (Å²) in [5.74, 6) is -0.412. The molecule has 0 unspecified atom stereocenters. The summed E-state index contributed by atoms with van der Waals surface area (Å²) in [6.45, 7) is 2.64. The van der Waals surface area contributed by atoms with Gasteiger partial charge in [-0.25, -0.2) is 0 Å². The molecule has 4 heterocycles. The second kappa shape index (κ2) is 10.4. The Morgan fingerprint density at radius 3 is 1.74 bits per heavy atom. The zero-order chi connectivity index (χ0) is 23.8. The van der Waals surface area contributed by atoms with Crippen LogP contribution >= 0.6 is 54.5 Å². The van der Waals surface area contributed by atoms with E-state index in [1.165, 1.54) is 24.2 Å². The van der Waals surface area contributed by atoms with Gasteiger partial charge < -0.3 is 0 Å². The Hall–Kier alpha value is -1.16. The molecule has 0 bridgehead atoms. The molecule has 10 heteroatoms. The van der Waals surface area contributed by atoms with E-state index in [-0.39, 0.29) is 26.8 Å². The zero-order valence-corrected chi connectivity index (χ0v) is 24.9. The maximum atomic E-state index is 13.8. The van der Waals surface area contributed by atoms with E-state index in [4.69, 9.17) is 7.96 Å². The van der Waals surface area contributed by atoms with Crippen LogP contribution in [0.15, 0.2) is 31.8 Å². The van der Waals surface area contributed by atoms with Gasteiger partial charge in [-0.3, -0.25) is 0 Å². The molecule has 34 heavy (non-hydrogen) atoms. The van der Waals surface area contributed by atoms with E-state index in [0.29, 0.717) is 17.7 Å². The van der Waals surface area contributed by atoms with Gasteiger partial charge in [0.15, 0.2) is 0 Å². The van der Waals surface area contributed by atoms with Gasteiger partial charge in [0.25, 0.3) is 0 Å². The van der Waals surface area contributed by atoms with Gasteiger partial charge in [-0.2, -0.15) is 0 Å². The fraction of sp³-hybridized carbons (Fsp3) is 0.333. The number of thiophene rings is 2. The van der Waals surface area contributed by atoms with Crippen molar-refractivity contribution >= 4 is 92.3 Å². The number of rotatable bonds is 9. The molecule has 0 fully saturated rings. The normalized spacial score (nSPS) is 13.4. The van der Waals surface area contributed by atoms with Gasteiger partial charge in [0, 0.05) is 0 Å². The molecule has 0 atom stereocenters. The Bertz CT molecular complexity index is 1300. The molecular weight excluding hydrogens is 665 g/mol. The Balaban J connectivity index is 1.63. The third kappa shape index (κ3) is 4.42. The topological polar surface area (TPSA) is 63.2 Å². The number of carbonyl (C=O) groups excluding carboxylic acids is 2. The fourth-order valence-corrected chi connectivity index (χ4v) is 8.47. The molecule has 176 valence electrons. The van der Waals surface area contributed by atoms with Crippen molar-refractivity contribution in [3.8, 4) is 20.9 Å². The number of unbranched alkanes of at least 4 members (excludes halogenated alkanes) is 5. The van der Waals surface area contributed by atoms with E-state index < -0.39 is 0 Å². The summed E-state index contributed by atoms with van der Waals surface area (Å²) < 4.78 is 11.4. The minimum atomic E-state index is -0.297. The Labute approximate surface area is 229 Å². The van der Waals surface area contributed by atoms with Crippen LogP contribution in [0.4, 0.5) is 0 Å². The number of nitrogens with zero attached hydrogens (tertiary/aromatic N) is 3. The van der Waals surface area contributed by atoms with Crippen LogP contribution in [-0.4, -0.2) is 46.2 Å². The number of aromatic nitrogens is 2. The van der Waals surface area contributed by atoms with Crippen LogP contribution in [-0.2, 0) is 0 Å². The van der Waals surface area contributed by atoms with E-state index in [1.807, 2.05) is 24.3 Å². The van der Waals surface area contributed by atoms with E-state index in [9.17, 15) is 9.59 Å². The average molecular weight is 686 g/mol. The predicted octanol–water partition coefficient (Wildman–Crippen LogP) is 7.63. The third-order valence-corrected chi connectivity index (χ3v) is 10.4. The molecule has 1 aliphatic rings. The van der Waals surface area contributed by atoms with Crippen LogP contribution in [0, 0.1) is 0 Å². The number of amides is 2. The molecule has 0 aliphatic carbocycles. The monoisotopic (exact) mass is 685 g/mol. The van der Waals surface area contributed by atoms with Crippen molar-refractivity contribution in [2.24, 2.45) is 0 Å². The summed E-state index contributed by atoms with van der Waals surface area (Å²) in [6.07, 6.45) is 6.61. The van der Waals surface area contributed by atoms with Gasteiger partial charge in [0.05, 0.1) is 0 Å². The van der Waals surface area contributed by atoms with E-state index in [2.05, 4.69) is 38.8 Å². The SMILES string of the molecule is CCCCCCCCN1C(=O)c2c(c(-c3ccc(Br)s3)c3n[se]nc3c2-c2ccc(Br)s2)C1=O. The zero-order valence-electron chi connectivity index (χ0n) is 18.4. The standard InChI is InChI=1S/C24H21Br2N3O2S2Se/c1-2-3-4-5-6-7-12-29-23(30)19-17(13-8-10-15(25)32-13)21-22(28-34-27-21)18(20(19)24(29)31)14-9-11-16(26)33-14/h8-11H,2-7,12H2,1H3. The molecule has 2 amide bonds. The molecular formula is C24H21Br2N3O2S2Se. The summed E-state index contributed by atoms with van der Waals surface area (Å²) in [7, 11) is 0. The number of fused-ring (bicyclic) bond motifs is 2. The summed E-state index contributed by atoms with van der Waals surface area (Å²) in [6, 6.07) is 7.91. The van der Waals surface area contributed by atoms with Crippen molar-refractivity contribution in [1.29, 1.82) is 0 Å². The number of benzene rings is 1. The molecule has 4 aromatic rings. The number of imide groups is 1. The molecule has 0 spiro atoms. The van der Waals surface area contributed by atoms with Crippen LogP contribution in [0.5, 0.6) is 0 Å². The van der Waals surface area contributed by atoms with Gasteiger partial charge in [-0.05, 0) is 0 Å². The van der Waals surface area contributed by atoms with Crippen molar-refractivity contribution in [3.05, 3.63) is 43.0 Å². The number of hydrogen-bond acceptors (Lipinski definition) is 6. The minimum absolute atomic E-state index is 0.206. The third-order valence-electron chi connectivity index (χ3n) is 6.00. The van der Waals surface area contributed by atoms with Crippen LogP contribution in [0.25, 0.3) is 31.9 Å². The van der Waals surface area contributed by atoms with Gasteiger partial charge in [-0.15, -0.1) is 0 Å². The van der Waals surface area contributed by atoms with Crippen molar-refractivity contribution < 1.29 is 9.59 Å². The molecule has 0 radical (unpaired) electrons. The Morgan fingerprint density at radius 1 is 0.765 bits per heavy atom. The molecule has 3 aromatic heterocycles. The van der Waals surface area contributed by atoms with E-state index >= 15 is 0 Å². The number of halogens is 2. The maximum absolute atomic E-state index is 13.8. The number of carbonyl (C=O) groups is 2. The Morgan fingerprint density at radius 2 is 1.26 bits per heavy atom. The van der Waals surface area contributed by atoms with Crippen molar-refractivity contribution in [2.75, 3.05) is 6.54 Å². The second-order valence-electron chi connectivity index (χ2n) is 8.20. The summed E-state index contributed by atoms with van der Waals surface area (Å²) in [5, 5.41) is 0. The Kier molecular flexibility index (Phi) is 7.54. The summed E-state index contributed by atoms with van der Waals surface area (Å²) in [4.78, 5) is 30.9. The van der Waals surface area contributed by atoms with Gasteiger partial charge in [-0.1, -0.05) is 13.3 Å². The number of hydrogen-bond donors (Lipinski definition) is 0. The van der Waals surface area contributed by atoms with Crippen LogP contribution in [0.1, 0.15) is 66.2 Å². The molecule has 1 aromatic carbocycles. The molecule has 0 saturated carbocycles. The first-order valence-electron chi connectivity index (χ1n) is 11.2. The summed E-state index contributed by atoms with van der Waals surface area (Å²) >= 11 is 9.89. The molecule has 0 saturated heterocycles. The summed E-state index contributed by atoms with van der Waals surface area (Å²) in [5.41, 5.74) is 3.98. The van der Waals surface area contributed by atoms with Crippen molar-refractivity contribution in [1.82, 2.24) is 12.9 Å². The van der Waals surface area contributed by atoms with Crippen LogP contribution in [0.3, 0.4) is 0 Å². The average Bonchev–Trinajstić information content (AvgIpc) is 3.60. The van der Waals surface area contributed by atoms with Gasteiger partial charge in [0.2, 0.25) is 0 Å². The second-order valence-corrected chi connectivity index (χ2v) is 14.2. The van der Waals surface area contributed by atoms with Gasteiger partial charge >= 0.3 is 217 Å². The first-order valence-corrected chi connectivity index (χ1v) is 16.0.